The van der Waals surface area contributed by atoms with Gasteiger partial charge in [0.2, 0.25) is 5.91 Å². The van der Waals surface area contributed by atoms with Gasteiger partial charge in [-0.3, -0.25) is 9.59 Å². The Morgan fingerprint density at radius 1 is 1.00 bits per heavy atom. The molecule has 2 saturated carbocycles. The van der Waals surface area contributed by atoms with E-state index in [0.29, 0.717) is 24.7 Å². The second kappa shape index (κ2) is 6.59. The Labute approximate surface area is 121 Å². The van der Waals surface area contributed by atoms with Crippen LogP contribution in [0.1, 0.15) is 52.4 Å². The predicted octanol–water partition coefficient (Wildman–Crippen LogP) is 2.68. The van der Waals surface area contributed by atoms with E-state index in [0.717, 1.165) is 12.5 Å². The van der Waals surface area contributed by atoms with E-state index in [9.17, 15) is 14.7 Å². The highest BCUT2D eigenvalue weighted by atomic mass is 16.4. The van der Waals surface area contributed by atoms with E-state index in [1.54, 1.807) is 0 Å². The third-order valence-electron chi connectivity index (χ3n) is 5.15. The van der Waals surface area contributed by atoms with E-state index >= 15 is 0 Å². The lowest BCUT2D eigenvalue weighted by molar-refractivity contribution is -0.146. The molecule has 2 aliphatic carbocycles. The summed E-state index contributed by atoms with van der Waals surface area (Å²) in [6.07, 6.45) is 6.21. The number of aliphatic carboxylic acids is 1. The number of hydrogen-bond acceptors (Lipinski definition) is 2. The molecule has 2 N–H and O–H groups in total. The maximum atomic E-state index is 12.2. The van der Waals surface area contributed by atoms with Gasteiger partial charge in [0.15, 0.2) is 0 Å². The molecule has 0 saturated heterocycles. The summed E-state index contributed by atoms with van der Waals surface area (Å²) in [5, 5.41) is 12.2. The van der Waals surface area contributed by atoms with Crippen LogP contribution in [0.15, 0.2) is 0 Å². The summed E-state index contributed by atoms with van der Waals surface area (Å²) in [6.45, 7) is 5.04. The Morgan fingerprint density at radius 3 is 2.20 bits per heavy atom. The van der Waals surface area contributed by atoms with Crippen LogP contribution in [0, 0.1) is 29.6 Å². The molecule has 0 heterocycles. The summed E-state index contributed by atoms with van der Waals surface area (Å²) < 4.78 is 0. The minimum atomic E-state index is -0.819. The summed E-state index contributed by atoms with van der Waals surface area (Å²) in [7, 11) is 0. The smallest absolute Gasteiger partial charge is 0.307 e. The van der Waals surface area contributed by atoms with E-state index in [1.165, 1.54) is 25.7 Å². The van der Waals surface area contributed by atoms with Crippen molar-refractivity contribution < 1.29 is 14.7 Å². The molecule has 3 unspecified atom stereocenters. The van der Waals surface area contributed by atoms with Gasteiger partial charge in [0.05, 0.1) is 11.8 Å². The van der Waals surface area contributed by atoms with Crippen LogP contribution in [0.3, 0.4) is 0 Å². The van der Waals surface area contributed by atoms with Crippen molar-refractivity contribution in [3.05, 3.63) is 0 Å². The number of nitrogens with one attached hydrogen (secondary N) is 1. The monoisotopic (exact) mass is 281 g/mol. The molecule has 0 aliphatic heterocycles. The van der Waals surface area contributed by atoms with Gasteiger partial charge in [-0.1, -0.05) is 26.7 Å². The third-order valence-corrected chi connectivity index (χ3v) is 5.15. The van der Waals surface area contributed by atoms with Gasteiger partial charge < -0.3 is 10.4 Å². The minimum absolute atomic E-state index is 0.0413. The van der Waals surface area contributed by atoms with Crippen LogP contribution in [0.4, 0.5) is 0 Å². The SMILES string of the molecule is CC1CCC(CNC(=O)C2CC(C)CC2C(=O)O)CC1. The maximum absolute atomic E-state index is 12.2. The van der Waals surface area contributed by atoms with Crippen molar-refractivity contribution in [2.24, 2.45) is 29.6 Å². The Balaban J connectivity index is 1.80. The van der Waals surface area contributed by atoms with Gasteiger partial charge >= 0.3 is 5.97 Å². The zero-order valence-electron chi connectivity index (χ0n) is 12.6. The maximum Gasteiger partial charge on any atom is 0.307 e. The molecular weight excluding hydrogens is 254 g/mol. The van der Waals surface area contributed by atoms with Crippen molar-refractivity contribution in [1.29, 1.82) is 0 Å². The third kappa shape index (κ3) is 3.74. The lowest BCUT2D eigenvalue weighted by Crippen LogP contribution is -2.38. The van der Waals surface area contributed by atoms with Crippen LogP contribution in [-0.2, 0) is 9.59 Å². The summed E-state index contributed by atoms with van der Waals surface area (Å²) in [5.74, 6) is 0.0522. The lowest BCUT2D eigenvalue weighted by atomic mass is 9.83. The molecule has 0 aromatic carbocycles. The highest BCUT2D eigenvalue weighted by Gasteiger charge is 2.41. The zero-order chi connectivity index (χ0) is 14.7. The van der Waals surface area contributed by atoms with Crippen LogP contribution < -0.4 is 5.32 Å². The minimum Gasteiger partial charge on any atom is -0.481 e. The standard InChI is InChI=1S/C16H27NO3/c1-10-3-5-12(6-4-10)9-17-15(18)13-7-11(2)8-14(13)16(19)20/h10-14H,3-9H2,1-2H3,(H,17,18)(H,19,20). The second-order valence-electron chi connectivity index (χ2n) is 7.00. The number of carboxylic acid groups (broad SMARTS) is 1. The van der Waals surface area contributed by atoms with Gasteiger partial charge in [-0.05, 0) is 43.4 Å². The van der Waals surface area contributed by atoms with Crippen LogP contribution in [0.5, 0.6) is 0 Å². The highest BCUT2D eigenvalue weighted by molar-refractivity contribution is 5.85. The van der Waals surface area contributed by atoms with Gasteiger partial charge in [0.25, 0.3) is 0 Å². The van der Waals surface area contributed by atoms with E-state index in [1.807, 2.05) is 6.92 Å². The number of carbonyl (C=O) groups excluding carboxylic acids is 1. The normalized spacial score (nSPS) is 37.6. The molecule has 3 atom stereocenters. The van der Waals surface area contributed by atoms with Crippen LogP contribution >= 0.6 is 0 Å². The van der Waals surface area contributed by atoms with Gasteiger partial charge in [0, 0.05) is 6.54 Å². The van der Waals surface area contributed by atoms with Crippen molar-refractivity contribution in [3.8, 4) is 0 Å². The van der Waals surface area contributed by atoms with E-state index in [-0.39, 0.29) is 11.8 Å². The second-order valence-corrected chi connectivity index (χ2v) is 7.00. The molecule has 4 nitrogen and oxygen atoms in total. The first-order valence-electron chi connectivity index (χ1n) is 7.98. The number of carbonyl (C=O) groups is 2. The Morgan fingerprint density at radius 2 is 1.60 bits per heavy atom. The quantitative estimate of drug-likeness (QED) is 0.832. The fourth-order valence-electron chi connectivity index (χ4n) is 3.76. The molecule has 0 bridgehead atoms. The molecule has 4 heteroatoms. The van der Waals surface area contributed by atoms with E-state index in [2.05, 4.69) is 12.2 Å². The Hall–Kier alpha value is -1.06. The molecule has 1 amide bonds. The summed E-state index contributed by atoms with van der Waals surface area (Å²) in [6, 6.07) is 0. The van der Waals surface area contributed by atoms with Crippen LogP contribution in [0.2, 0.25) is 0 Å². The lowest BCUT2D eigenvalue weighted by Gasteiger charge is -2.27. The van der Waals surface area contributed by atoms with Crippen molar-refractivity contribution in [2.75, 3.05) is 6.54 Å². The molecule has 2 fully saturated rings. The van der Waals surface area contributed by atoms with Gasteiger partial charge in [-0.2, -0.15) is 0 Å². The number of amides is 1. The van der Waals surface area contributed by atoms with Gasteiger partial charge in [-0.15, -0.1) is 0 Å². The number of carboxylic acids is 1. The van der Waals surface area contributed by atoms with Crippen molar-refractivity contribution in [1.82, 2.24) is 5.32 Å². The Kier molecular flexibility index (Phi) is 5.06. The molecular formula is C16H27NO3. The number of rotatable bonds is 4. The first-order valence-corrected chi connectivity index (χ1v) is 7.98. The summed E-state index contributed by atoms with van der Waals surface area (Å²) in [4.78, 5) is 23.5. The topological polar surface area (TPSA) is 66.4 Å². The van der Waals surface area contributed by atoms with E-state index in [4.69, 9.17) is 0 Å². The first-order chi connectivity index (χ1) is 9.47. The molecule has 0 spiro atoms. The van der Waals surface area contributed by atoms with Crippen LogP contribution in [-0.4, -0.2) is 23.5 Å². The predicted molar refractivity (Wildman–Crippen MR) is 77.1 cm³/mol. The zero-order valence-corrected chi connectivity index (χ0v) is 12.6. The van der Waals surface area contributed by atoms with Crippen molar-refractivity contribution in [2.45, 2.75) is 52.4 Å². The molecule has 0 aromatic rings. The van der Waals surface area contributed by atoms with Crippen LogP contribution in [0.25, 0.3) is 0 Å². The van der Waals surface area contributed by atoms with Gasteiger partial charge in [-0.25, -0.2) is 0 Å². The molecule has 114 valence electrons. The molecule has 0 radical (unpaired) electrons. The summed E-state index contributed by atoms with van der Waals surface area (Å²) in [5.41, 5.74) is 0. The van der Waals surface area contributed by atoms with E-state index < -0.39 is 11.9 Å². The average Bonchev–Trinajstić information content (AvgIpc) is 2.80. The average molecular weight is 281 g/mol. The summed E-state index contributed by atoms with van der Waals surface area (Å²) >= 11 is 0. The van der Waals surface area contributed by atoms with Gasteiger partial charge in [0.1, 0.15) is 0 Å². The largest absolute Gasteiger partial charge is 0.481 e. The fourth-order valence-corrected chi connectivity index (χ4v) is 3.76. The van der Waals surface area contributed by atoms with Crippen molar-refractivity contribution >= 4 is 11.9 Å². The number of hydrogen-bond donors (Lipinski definition) is 2. The highest BCUT2D eigenvalue weighted by Crippen LogP contribution is 2.36. The fraction of sp³-hybridized carbons (Fsp3) is 0.875. The molecule has 0 aromatic heterocycles. The molecule has 2 aliphatic rings. The Bertz CT molecular complexity index is 361. The first kappa shape index (κ1) is 15.3. The van der Waals surface area contributed by atoms with Crippen molar-refractivity contribution in [3.63, 3.8) is 0 Å². The molecule has 20 heavy (non-hydrogen) atoms. The molecule has 2 rings (SSSR count).